The van der Waals surface area contributed by atoms with Gasteiger partial charge in [0.25, 0.3) is 0 Å². The third kappa shape index (κ3) is 2.12. The predicted octanol–water partition coefficient (Wildman–Crippen LogP) is 3.01. The van der Waals surface area contributed by atoms with Crippen molar-refractivity contribution in [3.05, 3.63) is 23.4 Å². The van der Waals surface area contributed by atoms with E-state index in [4.69, 9.17) is 5.73 Å². The minimum absolute atomic E-state index is 0.274. The summed E-state index contributed by atoms with van der Waals surface area (Å²) in [5.74, 6) is 1.22. The second-order valence-corrected chi connectivity index (χ2v) is 5.91. The van der Waals surface area contributed by atoms with Crippen LogP contribution in [0.3, 0.4) is 0 Å². The quantitative estimate of drug-likeness (QED) is 0.845. The van der Waals surface area contributed by atoms with Crippen molar-refractivity contribution in [1.82, 2.24) is 4.98 Å². The molecule has 18 heavy (non-hydrogen) atoms. The molecule has 1 aromatic heterocycles. The lowest BCUT2D eigenvalue weighted by Crippen LogP contribution is -2.42. The Hall–Kier alpha value is -1.09. The smallest absolute Gasteiger partial charge is 0.129 e. The number of rotatable bonds is 2. The molecule has 3 nitrogen and oxygen atoms in total. The summed E-state index contributed by atoms with van der Waals surface area (Å²) in [6.45, 7) is 6.38. The Labute approximate surface area is 109 Å². The van der Waals surface area contributed by atoms with Crippen LogP contribution >= 0.6 is 0 Å². The summed E-state index contributed by atoms with van der Waals surface area (Å²) >= 11 is 0. The lowest BCUT2D eigenvalue weighted by Gasteiger charge is -2.43. The van der Waals surface area contributed by atoms with Gasteiger partial charge in [-0.05, 0) is 43.2 Å². The van der Waals surface area contributed by atoms with E-state index in [0.29, 0.717) is 11.7 Å². The summed E-state index contributed by atoms with van der Waals surface area (Å²) in [6, 6.07) is 1.94. The van der Waals surface area contributed by atoms with E-state index in [0.717, 1.165) is 30.4 Å². The average molecular weight is 248 g/mol. The number of pyridine rings is 1. The summed E-state index contributed by atoms with van der Waals surface area (Å²) in [5, 5.41) is 11.2. The monoisotopic (exact) mass is 248 g/mol. The molecule has 0 aromatic carbocycles. The van der Waals surface area contributed by atoms with Gasteiger partial charge in [-0.3, -0.25) is 0 Å². The van der Waals surface area contributed by atoms with Gasteiger partial charge in [0.2, 0.25) is 0 Å². The third-order valence-corrected chi connectivity index (χ3v) is 4.36. The second-order valence-electron chi connectivity index (χ2n) is 5.91. The fourth-order valence-corrected chi connectivity index (χ4v) is 3.52. The SMILES string of the molecule is Cc1ccnc(N)c1C1(O)CCCCC1C(C)C. The van der Waals surface area contributed by atoms with Crippen molar-refractivity contribution in [2.24, 2.45) is 11.8 Å². The molecule has 1 aliphatic rings. The van der Waals surface area contributed by atoms with Gasteiger partial charge in [0, 0.05) is 11.8 Å². The number of aliphatic hydroxyl groups is 1. The molecule has 0 aliphatic heterocycles. The molecule has 0 bridgehead atoms. The highest BCUT2D eigenvalue weighted by Gasteiger charge is 2.43. The average Bonchev–Trinajstić information content (AvgIpc) is 2.28. The Bertz CT molecular complexity index is 410. The molecule has 0 amide bonds. The van der Waals surface area contributed by atoms with Crippen molar-refractivity contribution in [1.29, 1.82) is 0 Å². The Morgan fingerprint density at radius 1 is 1.44 bits per heavy atom. The molecule has 1 fully saturated rings. The summed E-state index contributed by atoms with van der Waals surface area (Å²) < 4.78 is 0. The molecular formula is C15H24N2O. The number of hydrogen-bond acceptors (Lipinski definition) is 3. The first-order valence-electron chi connectivity index (χ1n) is 6.90. The van der Waals surface area contributed by atoms with E-state index >= 15 is 0 Å². The van der Waals surface area contributed by atoms with Gasteiger partial charge in [0.05, 0.1) is 5.60 Å². The van der Waals surface area contributed by atoms with Gasteiger partial charge >= 0.3 is 0 Å². The van der Waals surface area contributed by atoms with E-state index < -0.39 is 5.60 Å². The molecule has 100 valence electrons. The topological polar surface area (TPSA) is 59.1 Å². The molecule has 1 aliphatic carbocycles. The third-order valence-electron chi connectivity index (χ3n) is 4.36. The first kappa shape index (κ1) is 13.3. The van der Waals surface area contributed by atoms with Crippen molar-refractivity contribution in [3.63, 3.8) is 0 Å². The minimum atomic E-state index is -0.797. The van der Waals surface area contributed by atoms with Crippen LogP contribution in [0.2, 0.25) is 0 Å². The van der Waals surface area contributed by atoms with Crippen molar-refractivity contribution in [3.8, 4) is 0 Å². The van der Waals surface area contributed by atoms with Crippen LogP contribution in [-0.4, -0.2) is 10.1 Å². The zero-order valence-electron chi connectivity index (χ0n) is 11.6. The van der Waals surface area contributed by atoms with E-state index in [1.54, 1.807) is 6.20 Å². The van der Waals surface area contributed by atoms with E-state index in [1.807, 2.05) is 13.0 Å². The number of aromatic nitrogens is 1. The van der Waals surface area contributed by atoms with Crippen molar-refractivity contribution in [2.75, 3.05) is 5.73 Å². The Morgan fingerprint density at radius 2 is 2.17 bits per heavy atom. The molecule has 3 heteroatoms. The van der Waals surface area contributed by atoms with Gasteiger partial charge in [-0.1, -0.05) is 26.7 Å². The van der Waals surface area contributed by atoms with Crippen LogP contribution in [-0.2, 0) is 5.60 Å². The van der Waals surface area contributed by atoms with Crippen molar-refractivity contribution >= 4 is 5.82 Å². The zero-order chi connectivity index (χ0) is 13.3. The predicted molar refractivity (Wildman–Crippen MR) is 74.1 cm³/mol. The minimum Gasteiger partial charge on any atom is -0.385 e. The van der Waals surface area contributed by atoms with E-state index in [-0.39, 0.29) is 5.92 Å². The van der Waals surface area contributed by atoms with Crippen LogP contribution in [0.1, 0.15) is 50.7 Å². The summed E-state index contributed by atoms with van der Waals surface area (Å²) in [6.07, 6.45) is 5.84. The van der Waals surface area contributed by atoms with Crippen LogP contribution in [0.4, 0.5) is 5.82 Å². The molecule has 2 rings (SSSR count). The number of nitrogens with zero attached hydrogens (tertiary/aromatic N) is 1. The highest BCUT2D eigenvalue weighted by molar-refractivity contribution is 5.48. The number of anilines is 1. The highest BCUT2D eigenvalue weighted by Crippen LogP contribution is 2.47. The van der Waals surface area contributed by atoms with Crippen LogP contribution in [0.15, 0.2) is 12.3 Å². The lowest BCUT2D eigenvalue weighted by molar-refractivity contribution is -0.0721. The molecule has 1 saturated carbocycles. The zero-order valence-corrected chi connectivity index (χ0v) is 11.6. The Balaban J connectivity index is 2.50. The Morgan fingerprint density at radius 3 is 2.78 bits per heavy atom. The fourth-order valence-electron chi connectivity index (χ4n) is 3.52. The van der Waals surface area contributed by atoms with E-state index in [1.165, 1.54) is 6.42 Å². The molecular weight excluding hydrogens is 224 g/mol. The van der Waals surface area contributed by atoms with Crippen LogP contribution in [0, 0.1) is 18.8 Å². The van der Waals surface area contributed by atoms with Crippen molar-refractivity contribution in [2.45, 2.75) is 52.1 Å². The molecule has 2 atom stereocenters. The summed E-state index contributed by atoms with van der Waals surface area (Å²) in [5.41, 5.74) is 7.15. The first-order chi connectivity index (χ1) is 8.47. The van der Waals surface area contributed by atoms with Gasteiger partial charge in [-0.2, -0.15) is 0 Å². The number of hydrogen-bond donors (Lipinski definition) is 2. The molecule has 1 heterocycles. The van der Waals surface area contributed by atoms with E-state index in [9.17, 15) is 5.11 Å². The van der Waals surface area contributed by atoms with Crippen LogP contribution in [0.25, 0.3) is 0 Å². The normalized spacial score (nSPS) is 28.6. The van der Waals surface area contributed by atoms with Gasteiger partial charge in [0.15, 0.2) is 0 Å². The maximum absolute atomic E-state index is 11.2. The van der Waals surface area contributed by atoms with Crippen LogP contribution < -0.4 is 5.73 Å². The molecule has 0 radical (unpaired) electrons. The maximum Gasteiger partial charge on any atom is 0.129 e. The number of nitrogens with two attached hydrogens (primary N) is 1. The molecule has 1 aromatic rings. The second kappa shape index (κ2) is 4.88. The number of nitrogen functional groups attached to an aromatic ring is 1. The lowest BCUT2D eigenvalue weighted by atomic mass is 9.66. The van der Waals surface area contributed by atoms with Gasteiger partial charge in [-0.25, -0.2) is 4.98 Å². The molecule has 2 unspecified atom stereocenters. The van der Waals surface area contributed by atoms with Crippen LogP contribution in [0.5, 0.6) is 0 Å². The van der Waals surface area contributed by atoms with Gasteiger partial charge in [-0.15, -0.1) is 0 Å². The molecule has 0 saturated heterocycles. The molecule has 3 N–H and O–H groups in total. The molecule has 0 spiro atoms. The fraction of sp³-hybridized carbons (Fsp3) is 0.667. The Kier molecular flexibility index (Phi) is 3.62. The highest BCUT2D eigenvalue weighted by atomic mass is 16.3. The van der Waals surface area contributed by atoms with Gasteiger partial charge in [0.1, 0.15) is 5.82 Å². The number of aryl methyl sites for hydroxylation is 1. The largest absolute Gasteiger partial charge is 0.385 e. The van der Waals surface area contributed by atoms with Crippen molar-refractivity contribution < 1.29 is 5.11 Å². The maximum atomic E-state index is 11.2. The van der Waals surface area contributed by atoms with Gasteiger partial charge < -0.3 is 10.8 Å². The summed E-state index contributed by atoms with van der Waals surface area (Å²) in [7, 11) is 0. The van der Waals surface area contributed by atoms with E-state index in [2.05, 4.69) is 18.8 Å². The summed E-state index contributed by atoms with van der Waals surface area (Å²) in [4.78, 5) is 4.17. The standard InChI is InChI=1S/C15H24N2O/c1-10(2)12-6-4-5-8-15(12,18)13-11(3)7-9-17-14(13)16/h7,9-10,12,18H,4-6,8H2,1-3H3,(H2,16,17). The first-order valence-corrected chi connectivity index (χ1v) is 6.90.